The molecule has 0 spiro atoms. The predicted octanol–water partition coefficient (Wildman–Crippen LogP) is 3.57. The van der Waals surface area contributed by atoms with Crippen molar-refractivity contribution < 1.29 is 23.7 Å². The van der Waals surface area contributed by atoms with Crippen molar-refractivity contribution in [3.8, 4) is 5.75 Å². The number of rotatable bonds is 8. The summed E-state index contributed by atoms with van der Waals surface area (Å²) in [6, 6.07) is 5.05. The molecule has 1 aromatic carbocycles. The van der Waals surface area contributed by atoms with Gasteiger partial charge in [0.2, 0.25) is 22.2 Å². The molecule has 166 valence electrons. The molecule has 3 rings (SSSR count). The number of thioether (sulfide) groups is 1. The zero-order chi connectivity index (χ0) is 23.3. The van der Waals surface area contributed by atoms with Crippen molar-refractivity contribution in [2.75, 3.05) is 5.32 Å². The molecular weight excluding hydrogens is 460 g/mol. The standard InChI is InChI=1S/C19H16N4O7S2/c1-3-16(25)20-18-21-22-19(32-18)31-9-12-7-14(24)15(8-29-12)30-17(26)11-5-4-10(2)13(6-11)23(27)28/h4-8H,3,9H2,1-2H3,(H,20,21,25). The molecule has 0 saturated carbocycles. The Hall–Kier alpha value is -3.58. The lowest BCUT2D eigenvalue weighted by Gasteiger charge is -2.05. The molecule has 32 heavy (non-hydrogen) atoms. The van der Waals surface area contributed by atoms with E-state index in [1.54, 1.807) is 13.8 Å². The molecule has 3 aromatic rings. The zero-order valence-electron chi connectivity index (χ0n) is 16.8. The van der Waals surface area contributed by atoms with Crippen LogP contribution in [0.3, 0.4) is 0 Å². The number of nitro benzene ring substituents is 1. The van der Waals surface area contributed by atoms with Gasteiger partial charge < -0.3 is 14.5 Å². The average Bonchev–Trinajstić information content (AvgIpc) is 3.21. The van der Waals surface area contributed by atoms with Gasteiger partial charge in [0.15, 0.2) is 4.34 Å². The van der Waals surface area contributed by atoms with Gasteiger partial charge in [-0.25, -0.2) is 4.79 Å². The molecule has 1 amide bonds. The van der Waals surface area contributed by atoms with E-state index in [9.17, 15) is 24.5 Å². The second kappa shape index (κ2) is 10.2. The summed E-state index contributed by atoms with van der Waals surface area (Å²) >= 11 is 2.43. The van der Waals surface area contributed by atoms with Gasteiger partial charge in [0, 0.05) is 24.1 Å². The highest BCUT2D eigenvalue weighted by molar-refractivity contribution is 8.00. The monoisotopic (exact) mass is 476 g/mol. The number of benzene rings is 1. The number of aromatic nitrogens is 2. The minimum atomic E-state index is -0.918. The van der Waals surface area contributed by atoms with Gasteiger partial charge in [0.1, 0.15) is 12.0 Å². The second-order valence-corrected chi connectivity index (χ2v) is 8.49. The van der Waals surface area contributed by atoms with Crippen molar-refractivity contribution in [2.24, 2.45) is 0 Å². The Kier molecular flexibility index (Phi) is 7.33. The fourth-order valence-corrected chi connectivity index (χ4v) is 4.00. The van der Waals surface area contributed by atoms with Crippen LogP contribution in [0, 0.1) is 17.0 Å². The number of hydrogen-bond acceptors (Lipinski definition) is 11. The number of esters is 1. The van der Waals surface area contributed by atoms with Crippen molar-refractivity contribution >= 4 is 45.8 Å². The molecule has 0 unspecified atom stereocenters. The molecule has 0 bridgehead atoms. The summed E-state index contributed by atoms with van der Waals surface area (Å²) in [4.78, 5) is 46.4. The molecule has 0 atom stereocenters. The molecule has 2 aromatic heterocycles. The summed E-state index contributed by atoms with van der Waals surface area (Å²) in [5.74, 6) is -0.871. The second-order valence-electron chi connectivity index (χ2n) is 6.29. The normalized spacial score (nSPS) is 10.6. The summed E-state index contributed by atoms with van der Waals surface area (Å²) in [7, 11) is 0. The number of hydrogen-bond donors (Lipinski definition) is 1. The average molecular weight is 476 g/mol. The number of ether oxygens (including phenoxy) is 1. The minimum Gasteiger partial charge on any atom is -0.464 e. The van der Waals surface area contributed by atoms with Crippen LogP contribution in [0.2, 0.25) is 0 Å². The van der Waals surface area contributed by atoms with Gasteiger partial charge in [-0.05, 0) is 13.0 Å². The van der Waals surface area contributed by atoms with Crippen LogP contribution >= 0.6 is 23.1 Å². The van der Waals surface area contributed by atoms with Crippen LogP contribution in [0.5, 0.6) is 5.75 Å². The van der Waals surface area contributed by atoms with E-state index in [-0.39, 0.29) is 28.7 Å². The van der Waals surface area contributed by atoms with Crippen LogP contribution in [0.15, 0.2) is 44.1 Å². The molecular formula is C19H16N4O7S2. The van der Waals surface area contributed by atoms with Gasteiger partial charge in [-0.3, -0.25) is 19.7 Å². The van der Waals surface area contributed by atoms with E-state index in [4.69, 9.17) is 9.15 Å². The Morgan fingerprint density at radius 1 is 1.31 bits per heavy atom. The molecule has 0 fully saturated rings. The van der Waals surface area contributed by atoms with Gasteiger partial charge in [-0.1, -0.05) is 36.1 Å². The van der Waals surface area contributed by atoms with Crippen molar-refractivity contribution in [3.05, 3.63) is 67.8 Å². The molecule has 13 heteroatoms. The van der Waals surface area contributed by atoms with Crippen molar-refractivity contribution in [3.63, 3.8) is 0 Å². The molecule has 0 aliphatic carbocycles. The predicted molar refractivity (Wildman–Crippen MR) is 116 cm³/mol. The molecule has 0 aliphatic rings. The molecule has 0 radical (unpaired) electrons. The number of amides is 1. The first-order chi connectivity index (χ1) is 15.3. The maximum atomic E-state index is 12.3. The molecule has 11 nitrogen and oxygen atoms in total. The number of nitrogens with zero attached hydrogens (tertiary/aromatic N) is 3. The largest absolute Gasteiger partial charge is 0.464 e. The fraction of sp³-hybridized carbons (Fsp3) is 0.211. The topological polar surface area (TPSA) is 155 Å². The van der Waals surface area contributed by atoms with E-state index >= 15 is 0 Å². The first-order valence-corrected chi connectivity index (χ1v) is 10.9. The highest BCUT2D eigenvalue weighted by Gasteiger charge is 2.18. The van der Waals surface area contributed by atoms with Crippen LogP contribution in [0.1, 0.15) is 35.0 Å². The van der Waals surface area contributed by atoms with Crippen molar-refractivity contribution in [2.45, 2.75) is 30.4 Å². The summed E-state index contributed by atoms with van der Waals surface area (Å²) in [5.41, 5.74) is -0.491. The number of aryl methyl sites for hydroxylation is 1. The van der Waals surface area contributed by atoms with Gasteiger partial charge in [0.25, 0.3) is 5.69 Å². The number of carbonyl (C=O) groups excluding carboxylic acids is 2. The van der Waals surface area contributed by atoms with E-state index in [0.717, 1.165) is 12.3 Å². The van der Waals surface area contributed by atoms with E-state index < -0.39 is 16.3 Å². The highest BCUT2D eigenvalue weighted by atomic mass is 32.2. The van der Waals surface area contributed by atoms with Crippen LogP contribution in [-0.2, 0) is 10.5 Å². The van der Waals surface area contributed by atoms with Crippen molar-refractivity contribution in [1.82, 2.24) is 10.2 Å². The Labute approximate surface area is 189 Å². The number of anilines is 1. The van der Waals surface area contributed by atoms with Crippen LogP contribution in [-0.4, -0.2) is 27.0 Å². The molecule has 1 N–H and O–H groups in total. The summed E-state index contributed by atoms with van der Waals surface area (Å²) in [6.45, 7) is 3.27. The fourth-order valence-electron chi connectivity index (χ4n) is 2.34. The summed E-state index contributed by atoms with van der Waals surface area (Å²) in [5, 5.41) is 21.8. The minimum absolute atomic E-state index is 0.0661. The Morgan fingerprint density at radius 3 is 2.78 bits per heavy atom. The maximum Gasteiger partial charge on any atom is 0.344 e. The lowest BCUT2D eigenvalue weighted by atomic mass is 10.1. The van der Waals surface area contributed by atoms with Crippen molar-refractivity contribution in [1.29, 1.82) is 0 Å². The third-order valence-electron chi connectivity index (χ3n) is 4.01. The smallest absolute Gasteiger partial charge is 0.344 e. The lowest BCUT2D eigenvalue weighted by molar-refractivity contribution is -0.385. The summed E-state index contributed by atoms with van der Waals surface area (Å²) in [6.07, 6.45) is 1.33. The van der Waals surface area contributed by atoms with Crippen LogP contribution in [0.25, 0.3) is 0 Å². The SMILES string of the molecule is CCC(=O)Nc1nnc(SCc2cc(=O)c(OC(=O)c3ccc(C)c([N+](=O)[O-])c3)co2)s1. The molecule has 0 saturated heterocycles. The zero-order valence-corrected chi connectivity index (χ0v) is 18.4. The third-order valence-corrected chi connectivity index (χ3v) is 6.00. The lowest BCUT2D eigenvalue weighted by Crippen LogP contribution is -2.15. The maximum absolute atomic E-state index is 12.3. The van der Waals surface area contributed by atoms with E-state index in [1.165, 1.54) is 41.3 Å². The highest BCUT2D eigenvalue weighted by Crippen LogP contribution is 2.28. The Bertz CT molecular complexity index is 1240. The number of nitrogens with one attached hydrogen (secondary N) is 1. The molecule has 0 aliphatic heterocycles. The summed E-state index contributed by atoms with van der Waals surface area (Å²) < 4.78 is 11.0. The van der Waals surface area contributed by atoms with Gasteiger partial charge >= 0.3 is 5.97 Å². The Morgan fingerprint density at radius 2 is 2.09 bits per heavy atom. The number of nitro groups is 1. The van der Waals surface area contributed by atoms with Crippen LogP contribution in [0.4, 0.5) is 10.8 Å². The first kappa shape index (κ1) is 23.1. The quantitative estimate of drug-likeness (QED) is 0.168. The van der Waals surface area contributed by atoms with Gasteiger partial charge in [-0.2, -0.15) is 0 Å². The third kappa shape index (κ3) is 5.76. The van der Waals surface area contributed by atoms with Gasteiger partial charge in [0.05, 0.1) is 16.2 Å². The molecule has 2 heterocycles. The van der Waals surface area contributed by atoms with E-state index in [1.807, 2.05) is 0 Å². The van der Waals surface area contributed by atoms with Gasteiger partial charge in [-0.15, -0.1) is 10.2 Å². The van der Waals surface area contributed by atoms with E-state index in [0.29, 0.717) is 27.2 Å². The Balaban J connectivity index is 1.63. The number of carbonyl (C=O) groups is 2. The first-order valence-electron chi connectivity index (χ1n) is 9.12. The van der Waals surface area contributed by atoms with Crippen LogP contribution < -0.4 is 15.5 Å². The van der Waals surface area contributed by atoms with E-state index in [2.05, 4.69) is 15.5 Å².